The number of benzene rings is 2. The van der Waals surface area contributed by atoms with E-state index in [2.05, 4.69) is 0 Å². The maximum atomic E-state index is 12.6. The number of methoxy groups -OCH3 is 1. The van der Waals surface area contributed by atoms with Crippen molar-refractivity contribution >= 4 is 40.3 Å². The van der Waals surface area contributed by atoms with Crippen LogP contribution in [-0.4, -0.2) is 39.0 Å². The van der Waals surface area contributed by atoms with Gasteiger partial charge < -0.3 is 14.9 Å². The number of rotatable bonds is 5. The van der Waals surface area contributed by atoms with Crippen LogP contribution in [0.2, 0.25) is 0 Å². The van der Waals surface area contributed by atoms with Crippen LogP contribution in [0.5, 0.6) is 17.2 Å². The van der Waals surface area contributed by atoms with E-state index < -0.39 is 0 Å². The minimum atomic E-state index is -0.228. The topological polar surface area (TPSA) is 70.0 Å². The molecule has 1 amide bonds. The van der Waals surface area contributed by atoms with Crippen LogP contribution in [0.25, 0.3) is 6.08 Å². The molecule has 0 unspecified atom stereocenters. The molecular formula is C19H17NO4S2. The van der Waals surface area contributed by atoms with Crippen molar-refractivity contribution in [3.63, 3.8) is 0 Å². The maximum absolute atomic E-state index is 12.6. The highest BCUT2D eigenvalue weighted by atomic mass is 32.2. The summed E-state index contributed by atoms with van der Waals surface area (Å²) in [6, 6.07) is 12.1. The van der Waals surface area contributed by atoms with Crippen LogP contribution < -0.4 is 4.74 Å². The van der Waals surface area contributed by atoms with Crippen molar-refractivity contribution in [3.05, 3.63) is 58.5 Å². The van der Waals surface area contributed by atoms with Crippen molar-refractivity contribution in [3.8, 4) is 17.2 Å². The van der Waals surface area contributed by atoms with E-state index in [1.54, 1.807) is 24.2 Å². The third-order valence-electron chi connectivity index (χ3n) is 3.95. The summed E-state index contributed by atoms with van der Waals surface area (Å²) in [5.41, 5.74) is 1.71. The number of hydrogen-bond donors (Lipinski definition) is 2. The van der Waals surface area contributed by atoms with E-state index in [0.29, 0.717) is 27.8 Å². The quantitative estimate of drug-likeness (QED) is 0.465. The number of nitrogens with zero attached hydrogens (tertiary/aromatic N) is 1. The van der Waals surface area contributed by atoms with Crippen molar-refractivity contribution in [1.82, 2.24) is 4.90 Å². The molecule has 134 valence electrons. The Morgan fingerprint density at radius 3 is 2.54 bits per heavy atom. The van der Waals surface area contributed by atoms with Gasteiger partial charge in [-0.1, -0.05) is 42.2 Å². The van der Waals surface area contributed by atoms with E-state index in [9.17, 15) is 15.0 Å². The summed E-state index contributed by atoms with van der Waals surface area (Å²) >= 11 is 6.56. The number of ether oxygens (including phenoxy) is 1. The van der Waals surface area contributed by atoms with E-state index in [0.717, 1.165) is 11.3 Å². The first-order valence-electron chi connectivity index (χ1n) is 7.88. The molecule has 1 aliphatic rings. The summed E-state index contributed by atoms with van der Waals surface area (Å²) < 4.78 is 5.65. The summed E-state index contributed by atoms with van der Waals surface area (Å²) in [7, 11) is 1.62. The van der Waals surface area contributed by atoms with Gasteiger partial charge in [0.15, 0.2) is 11.5 Å². The largest absolute Gasteiger partial charge is 0.504 e. The van der Waals surface area contributed by atoms with Crippen molar-refractivity contribution in [2.75, 3.05) is 13.7 Å². The summed E-state index contributed by atoms with van der Waals surface area (Å²) in [6.07, 6.45) is 2.34. The van der Waals surface area contributed by atoms with Crippen molar-refractivity contribution < 1.29 is 19.7 Å². The second kappa shape index (κ2) is 7.80. The number of aromatic hydroxyl groups is 2. The lowest BCUT2D eigenvalue weighted by molar-refractivity contribution is -0.122. The van der Waals surface area contributed by atoms with Crippen LogP contribution in [0.15, 0.2) is 47.4 Å². The molecule has 1 fully saturated rings. The fourth-order valence-electron chi connectivity index (χ4n) is 2.51. The predicted molar refractivity (Wildman–Crippen MR) is 106 cm³/mol. The monoisotopic (exact) mass is 387 g/mol. The average Bonchev–Trinajstić information content (AvgIpc) is 2.90. The Kier molecular flexibility index (Phi) is 5.49. The van der Waals surface area contributed by atoms with E-state index in [-0.39, 0.29) is 17.4 Å². The average molecular weight is 387 g/mol. The molecule has 7 heteroatoms. The Hall–Kier alpha value is -2.51. The van der Waals surface area contributed by atoms with Gasteiger partial charge in [0, 0.05) is 6.54 Å². The van der Waals surface area contributed by atoms with Crippen LogP contribution in [0, 0.1) is 0 Å². The first-order chi connectivity index (χ1) is 12.5. The predicted octanol–water partition coefficient (Wildman–Crippen LogP) is 3.55. The summed E-state index contributed by atoms with van der Waals surface area (Å²) in [6.45, 7) is 0.495. The van der Waals surface area contributed by atoms with Gasteiger partial charge in [-0.3, -0.25) is 9.69 Å². The molecule has 0 aliphatic carbocycles. The first-order valence-corrected chi connectivity index (χ1v) is 9.10. The molecule has 0 bridgehead atoms. The number of thiocarbonyl (C=S) groups is 1. The molecule has 1 aliphatic heterocycles. The smallest absolute Gasteiger partial charge is 0.266 e. The Bertz CT molecular complexity index is 878. The minimum absolute atomic E-state index is 0.152. The highest BCUT2D eigenvalue weighted by molar-refractivity contribution is 8.26. The van der Waals surface area contributed by atoms with Crippen molar-refractivity contribution in [2.45, 2.75) is 6.42 Å². The molecule has 5 nitrogen and oxygen atoms in total. The van der Waals surface area contributed by atoms with Crippen LogP contribution >= 0.6 is 24.0 Å². The van der Waals surface area contributed by atoms with Crippen LogP contribution in [0.1, 0.15) is 11.1 Å². The normalized spacial score (nSPS) is 15.7. The number of carbonyl (C=O) groups is 1. The minimum Gasteiger partial charge on any atom is -0.504 e. The van der Waals surface area contributed by atoms with Gasteiger partial charge in [0.05, 0.1) is 12.0 Å². The van der Waals surface area contributed by atoms with Crippen LogP contribution in [-0.2, 0) is 11.2 Å². The Balaban J connectivity index is 1.69. The Labute approximate surface area is 160 Å². The third kappa shape index (κ3) is 4.00. The standard InChI is InChI=1S/C19H17NO4S2/c1-24-14-5-2-12(3-6-14)8-9-20-18(23)17(26-19(20)25)11-13-4-7-15(21)16(22)10-13/h2-7,10-11,21-22H,8-9H2,1H3/b17-11+. The number of thioether (sulfide) groups is 1. The lowest BCUT2D eigenvalue weighted by Crippen LogP contribution is -2.30. The highest BCUT2D eigenvalue weighted by Crippen LogP contribution is 2.34. The molecule has 0 saturated carbocycles. The van der Waals surface area contributed by atoms with Crippen LogP contribution in [0.4, 0.5) is 0 Å². The molecule has 2 aromatic rings. The zero-order chi connectivity index (χ0) is 18.7. The Morgan fingerprint density at radius 2 is 1.88 bits per heavy atom. The second-order valence-electron chi connectivity index (χ2n) is 5.68. The fraction of sp³-hybridized carbons (Fsp3) is 0.158. The van der Waals surface area contributed by atoms with Gasteiger partial charge in [-0.2, -0.15) is 0 Å². The molecule has 26 heavy (non-hydrogen) atoms. The molecule has 0 atom stereocenters. The SMILES string of the molecule is COc1ccc(CCN2C(=O)/C(=C\c3ccc(O)c(O)c3)SC2=S)cc1. The lowest BCUT2D eigenvalue weighted by atomic mass is 10.1. The third-order valence-corrected chi connectivity index (χ3v) is 5.33. The zero-order valence-corrected chi connectivity index (χ0v) is 15.6. The fourth-order valence-corrected chi connectivity index (χ4v) is 3.82. The van der Waals surface area contributed by atoms with Gasteiger partial charge in [0.25, 0.3) is 5.91 Å². The zero-order valence-electron chi connectivity index (χ0n) is 14.0. The molecule has 0 radical (unpaired) electrons. The van der Waals surface area contributed by atoms with Crippen LogP contribution in [0.3, 0.4) is 0 Å². The molecule has 2 N–H and O–H groups in total. The molecule has 2 aromatic carbocycles. The van der Waals surface area contributed by atoms with E-state index in [4.69, 9.17) is 17.0 Å². The molecular weight excluding hydrogens is 370 g/mol. The molecule has 1 saturated heterocycles. The summed E-state index contributed by atoms with van der Waals surface area (Å²) in [4.78, 5) is 14.7. The number of amides is 1. The van der Waals surface area contributed by atoms with E-state index in [1.807, 2.05) is 24.3 Å². The van der Waals surface area contributed by atoms with E-state index >= 15 is 0 Å². The summed E-state index contributed by atoms with van der Waals surface area (Å²) in [5, 5.41) is 18.9. The van der Waals surface area contributed by atoms with Gasteiger partial charge >= 0.3 is 0 Å². The first kappa shape index (κ1) is 18.3. The lowest BCUT2D eigenvalue weighted by Gasteiger charge is -2.14. The van der Waals surface area contributed by atoms with Gasteiger partial charge in [-0.05, 0) is 47.9 Å². The maximum Gasteiger partial charge on any atom is 0.266 e. The number of carbonyl (C=O) groups excluding carboxylic acids is 1. The van der Waals surface area contributed by atoms with Gasteiger partial charge in [-0.25, -0.2) is 0 Å². The highest BCUT2D eigenvalue weighted by Gasteiger charge is 2.31. The number of phenols is 2. The molecule has 1 heterocycles. The number of hydrogen-bond acceptors (Lipinski definition) is 6. The van der Waals surface area contributed by atoms with Crippen molar-refractivity contribution in [1.29, 1.82) is 0 Å². The van der Waals surface area contributed by atoms with E-state index in [1.165, 1.54) is 23.9 Å². The number of phenolic OH excluding ortho intramolecular Hbond substituents is 2. The van der Waals surface area contributed by atoms with Crippen molar-refractivity contribution in [2.24, 2.45) is 0 Å². The van der Waals surface area contributed by atoms with Gasteiger partial charge in [0.1, 0.15) is 10.1 Å². The van der Waals surface area contributed by atoms with Gasteiger partial charge in [0.2, 0.25) is 0 Å². The second-order valence-corrected chi connectivity index (χ2v) is 7.36. The Morgan fingerprint density at radius 1 is 1.15 bits per heavy atom. The van der Waals surface area contributed by atoms with Gasteiger partial charge in [-0.15, -0.1) is 0 Å². The summed E-state index contributed by atoms with van der Waals surface area (Å²) in [5.74, 6) is 0.212. The molecule has 3 rings (SSSR count). The molecule has 0 aromatic heterocycles. The molecule has 0 spiro atoms.